The second-order valence-corrected chi connectivity index (χ2v) is 6.06. The van der Waals surface area contributed by atoms with Gasteiger partial charge in [-0.25, -0.2) is 4.68 Å². The van der Waals surface area contributed by atoms with E-state index in [0.29, 0.717) is 4.68 Å². The number of amides is 2. The number of alkyl halides is 3. The Labute approximate surface area is 148 Å². The van der Waals surface area contributed by atoms with Crippen LogP contribution in [0.15, 0.2) is 30.5 Å². The van der Waals surface area contributed by atoms with Crippen molar-refractivity contribution >= 4 is 11.8 Å². The Morgan fingerprint density at radius 1 is 1.19 bits per heavy atom. The zero-order valence-electron chi connectivity index (χ0n) is 14.5. The van der Waals surface area contributed by atoms with Gasteiger partial charge < -0.3 is 10.6 Å². The Hall–Kier alpha value is -2.84. The number of aromatic nitrogens is 2. The van der Waals surface area contributed by atoms with Crippen molar-refractivity contribution in [3.8, 4) is 5.69 Å². The fourth-order valence-corrected chi connectivity index (χ4v) is 2.30. The van der Waals surface area contributed by atoms with Crippen LogP contribution in [0.5, 0.6) is 0 Å². The highest BCUT2D eigenvalue weighted by atomic mass is 19.4. The quantitative estimate of drug-likeness (QED) is 0.851. The van der Waals surface area contributed by atoms with Gasteiger partial charge >= 0.3 is 6.18 Å². The maximum Gasteiger partial charge on any atom is 0.434 e. The number of carbonyl (C=O) groups excluding carboxylic acids is 2. The fourth-order valence-electron chi connectivity index (χ4n) is 2.30. The summed E-state index contributed by atoms with van der Waals surface area (Å²) in [6.45, 7) is 4.84. The lowest BCUT2D eigenvalue weighted by atomic mass is 10.2. The van der Waals surface area contributed by atoms with E-state index in [2.05, 4.69) is 15.7 Å². The van der Waals surface area contributed by atoms with Crippen LogP contribution < -0.4 is 10.6 Å². The van der Waals surface area contributed by atoms with E-state index in [1.54, 1.807) is 32.9 Å². The second-order valence-electron chi connectivity index (χ2n) is 6.06. The molecular weight excluding hydrogens is 349 g/mol. The molecule has 0 saturated carbocycles. The van der Waals surface area contributed by atoms with Crippen LogP contribution in [0.4, 0.5) is 13.2 Å². The third-order valence-electron chi connectivity index (χ3n) is 3.42. The molecule has 9 heteroatoms. The van der Waals surface area contributed by atoms with Crippen molar-refractivity contribution in [3.63, 3.8) is 0 Å². The molecule has 0 spiro atoms. The van der Waals surface area contributed by atoms with Gasteiger partial charge in [-0.2, -0.15) is 18.3 Å². The summed E-state index contributed by atoms with van der Waals surface area (Å²) in [5.74, 6) is -1.51. The molecule has 1 aromatic heterocycles. The standard InChI is InChI=1S/C17H19F3N4O2/c1-10(2)23-14(25)9-21-16(26)13-8-22-24(15(13)17(18,19)20)12-6-4-11(3)5-7-12/h4-8,10H,9H2,1-3H3,(H,21,26)(H,23,25). The highest BCUT2D eigenvalue weighted by molar-refractivity contribution is 5.97. The van der Waals surface area contributed by atoms with E-state index in [9.17, 15) is 22.8 Å². The topological polar surface area (TPSA) is 76.0 Å². The lowest BCUT2D eigenvalue weighted by molar-refractivity contribution is -0.143. The zero-order valence-corrected chi connectivity index (χ0v) is 14.5. The minimum absolute atomic E-state index is 0.144. The molecule has 2 N–H and O–H groups in total. The molecule has 6 nitrogen and oxygen atoms in total. The maximum absolute atomic E-state index is 13.5. The van der Waals surface area contributed by atoms with Crippen molar-refractivity contribution in [2.75, 3.05) is 6.54 Å². The number of nitrogens with zero attached hydrogens (tertiary/aromatic N) is 2. The molecule has 0 bridgehead atoms. The Bertz CT molecular complexity index is 795. The molecule has 0 radical (unpaired) electrons. The molecule has 1 heterocycles. The molecule has 2 rings (SSSR count). The lowest BCUT2D eigenvalue weighted by Crippen LogP contribution is -2.40. The van der Waals surface area contributed by atoms with Crippen LogP contribution in [-0.2, 0) is 11.0 Å². The Kier molecular flexibility index (Phi) is 5.69. The van der Waals surface area contributed by atoms with Crippen LogP contribution in [0.3, 0.4) is 0 Å². The molecule has 1 aromatic carbocycles. The van der Waals surface area contributed by atoms with E-state index in [0.717, 1.165) is 11.8 Å². The molecule has 0 atom stereocenters. The first-order chi connectivity index (χ1) is 12.1. The van der Waals surface area contributed by atoms with Crippen LogP contribution in [0.2, 0.25) is 0 Å². The van der Waals surface area contributed by atoms with Crippen molar-refractivity contribution in [2.24, 2.45) is 0 Å². The molecule has 0 aliphatic rings. The summed E-state index contributed by atoms with van der Waals surface area (Å²) in [4.78, 5) is 23.7. The molecule has 0 aliphatic heterocycles. The first kappa shape index (κ1) is 19.5. The molecule has 0 aliphatic carbocycles. The number of nitrogens with one attached hydrogen (secondary N) is 2. The molecule has 2 amide bonds. The Morgan fingerprint density at radius 3 is 2.35 bits per heavy atom. The Morgan fingerprint density at radius 2 is 1.81 bits per heavy atom. The summed E-state index contributed by atoms with van der Waals surface area (Å²) in [5, 5.41) is 8.43. The summed E-state index contributed by atoms with van der Waals surface area (Å²) in [5.41, 5.74) is -0.776. The van der Waals surface area contributed by atoms with Gasteiger partial charge in [0.1, 0.15) is 0 Å². The van der Waals surface area contributed by atoms with Gasteiger partial charge in [0.25, 0.3) is 5.91 Å². The van der Waals surface area contributed by atoms with Crippen LogP contribution in [0.25, 0.3) is 5.69 Å². The molecule has 0 fully saturated rings. The first-order valence-electron chi connectivity index (χ1n) is 7.89. The van der Waals surface area contributed by atoms with Crippen LogP contribution >= 0.6 is 0 Å². The van der Waals surface area contributed by atoms with E-state index < -0.39 is 35.8 Å². The van der Waals surface area contributed by atoms with Crippen molar-refractivity contribution in [2.45, 2.75) is 33.0 Å². The van der Waals surface area contributed by atoms with E-state index >= 15 is 0 Å². The smallest absolute Gasteiger partial charge is 0.352 e. The van der Waals surface area contributed by atoms with Gasteiger partial charge in [0.2, 0.25) is 5.91 Å². The normalized spacial score (nSPS) is 11.5. The van der Waals surface area contributed by atoms with Gasteiger partial charge in [-0.3, -0.25) is 9.59 Å². The van der Waals surface area contributed by atoms with Gasteiger partial charge in [0, 0.05) is 6.04 Å². The van der Waals surface area contributed by atoms with Gasteiger partial charge in [0.05, 0.1) is 24.0 Å². The maximum atomic E-state index is 13.5. The SMILES string of the molecule is Cc1ccc(-n2ncc(C(=O)NCC(=O)NC(C)C)c2C(F)(F)F)cc1. The number of benzene rings is 1. The average Bonchev–Trinajstić information content (AvgIpc) is 2.98. The largest absolute Gasteiger partial charge is 0.434 e. The van der Waals surface area contributed by atoms with Crippen molar-refractivity contribution in [1.82, 2.24) is 20.4 Å². The first-order valence-corrected chi connectivity index (χ1v) is 7.89. The molecule has 140 valence electrons. The molecule has 0 saturated heterocycles. The minimum Gasteiger partial charge on any atom is -0.352 e. The number of halogens is 3. The lowest BCUT2D eigenvalue weighted by Gasteiger charge is -2.13. The van der Waals surface area contributed by atoms with Crippen LogP contribution in [0.1, 0.15) is 35.5 Å². The van der Waals surface area contributed by atoms with Gasteiger partial charge in [0.15, 0.2) is 5.69 Å². The summed E-state index contributed by atoms with van der Waals surface area (Å²) in [6, 6.07) is 6.11. The highest BCUT2D eigenvalue weighted by Gasteiger charge is 2.40. The third kappa shape index (κ3) is 4.62. The Balaban J connectivity index is 2.30. The zero-order chi connectivity index (χ0) is 19.5. The average molecular weight is 368 g/mol. The van der Waals surface area contributed by atoms with Gasteiger partial charge in [-0.1, -0.05) is 17.7 Å². The second kappa shape index (κ2) is 7.59. The monoisotopic (exact) mass is 368 g/mol. The predicted octanol–water partition coefficient (Wildman–Crippen LogP) is 2.45. The van der Waals surface area contributed by atoms with E-state index in [-0.39, 0.29) is 11.7 Å². The van der Waals surface area contributed by atoms with E-state index in [1.807, 2.05) is 0 Å². The van der Waals surface area contributed by atoms with E-state index in [4.69, 9.17) is 0 Å². The van der Waals surface area contributed by atoms with E-state index in [1.165, 1.54) is 12.1 Å². The van der Waals surface area contributed by atoms with Crippen molar-refractivity contribution in [1.29, 1.82) is 0 Å². The summed E-state index contributed by atoms with van der Waals surface area (Å²) in [6.07, 6.45) is -3.95. The minimum atomic E-state index is -4.80. The third-order valence-corrected chi connectivity index (χ3v) is 3.42. The number of aryl methyl sites for hydroxylation is 1. The fraction of sp³-hybridized carbons (Fsp3) is 0.353. The molecule has 0 unspecified atom stereocenters. The summed E-state index contributed by atoms with van der Waals surface area (Å²) in [7, 11) is 0. The number of rotatable bonds is 5. The van der Waals surface area contributed by atoms with Crippen molar-refractivity contribution in [3.05, 3.63) is 47.3 Å². The number of hydrogen-bond acceptors (Lipinski definition) is 3. The molecular formula is C17H19F3N4O2. The van der Waals surface area contributed by atoms with Crippen LogP contribution in [-0.4, -0.2) is 34.2 Å². The van der Waals surface area contributed by atoms with Crippen molar-refractivity contribution < 1.29 is 22.8 Å². The van der Waals surface area contributed by atoms with Gasteiger partial charge in [-0.15, -0.1) is 0 Å². The molecule has 26 heavy (non-hydrogen) atoms. The highest BCUT2D eigenvalue weighted by Crippen LogP contribution is 2.33. The number of hydrogen-bond donors (Lipinski definition) is 2. The predicted molar refractivity (Wildman–Crippen MR) is 88.9 cm³/mol. The van der Waals surface area contributed by atoms with Crippen LogP contribution in [0, 0.1) is 6.92 Å². The number of carbonyl (C=O) groups is 2. The summed E-state index contributed by atoms with van der Waals surface area (Å²) < 4.78 is 41.2. The van der Waals surface area contributed by atoms with Gasteiger partial charge in [-0.05, 0) is 32.9 Å². The summed E-state index contributed by atoms with van der Waals surface area (Å²) >= 11 is 0. The molecule has 2 aromatic rings.